The Morgan fingerprint density at radius 3 is 2.34 bits per heavy atom. The molecule has 1 atom stereocenters. The molecule has 1 saturated carbocycles. The zero-order chi connectivity index (χ0) is 22.5. The number of halogens is 1. The van der Waals surface area contributed by atoms with E-state index in [1.165, 1.54) is 25.0 Å². The molecule has 0 amide bonds. The lowest BCUT2D eigenvalue weighted by atomic mass is 9.82. The van der Waals surface area contributed by atoms with Crippen LogP contribution in [0.15, 0.2) is 72.8 Å². The van der Waals surface area contributed by atoms with Crippen LogP contribution in [-0.4, -0.2) is 37.9 Å². The maximum absolute atomic E-state index is 13.7. The van der Waals surface area contributed by atoms with Crippen LogP contribution < -0.4 is 4.74 Å². The molecule has 4 heteroatoms. The van der Waals surface area contributed by atoms with E-state index in [1.54, 1.807) is 12.1 Å². The molecule has 0 aliphatic heterocycles. The quantitative estimate of drug-likeness (QED) is 0.358. The summed E-state index contributed by atoms with van der Waals surface area (Å²) in [6, 6.07) is 22.0. The first-order valence-electron chi connectivity index (χ1n) is 11.3. The van der Waals surface area contributed by atoms with Gasteiger partial charge in [-0.3, -0.25) is 4.79 Å². The van der Waals surface area contributed by atoms with Gasteiger partial charge in [-0.15, -0.1) is 0 Å². The van der Waals surface area contributed by atoms with Crippen LogP contribution in [-0.2, 0) is 0 Å². The van der Waals surface area contributed by atoms with Crippen molar-refractivity contribution in [2.75, 3.05) is 27.2 Å². The van der Waals surface area contributed by atoms with Gasteiger partial charge in [-0.2, -0.15) is 0 Å². The van der Waals surface area contributed by atoms with Crippen LogP contribution in [0.4, 0.5) is 4.39 Å². The Morgan fingerprint density at radius 1 is 1.00 bits per heavy atom. The van der Waals surface area contributed by atoms with Gasteiger partial charge in [0.15, 0.2) is 5.78 Å². The summed E-state index contributed by atoms with van der Waals surface area (Å²) in [7, 11) is 4.02. The molecule has 0 spiro atoms. The van der Waals surface area contributed by atoms with Crippen molar-refractivity contribution in [3.63, 3.8) is 0 Å². The maximum Gasteiger partial charge on any atom is 0.170 e. The van der Waals surface area contributed by atoms with Crippen molar-refractivity contribution in [1.82, 2.24) is 4.90 Å². The molecule has 1 fully saturated rings. The number of nitrogens with zero attached hydrogens (tertiary/aromatic N) is 1. The molecule has 1 aliphatic rings. The molecule has 32 heavy (non-hydrogen) atoms. The van der Waals surface area contributed by atoms with Crippen LogP contribution in [0.25, 0.3) is 11.1 Å². The van der Waals surface area contributed by atoms with Crippen LogP contribution >= 0.6 is 0 Å². The fourth-order valence-electron chi connectivity index (χ4n) is 4.02. The highest BCUT2D eigenvalue weighted by molar-refractivity contribution is 6.02. The minimum absolute atomic E-state index is 0.131. The van der Waals surface area contributed by atoms with Crippen LogP contribution in [0.1, 0.15) is 41.1 Å². The fourth-order valence-corrected chi connectivity index (χ4v) is 4.02. The van der Waals surface area contributed by atoms with Crippen molar-refractivity contribution in [1.29, 1.82) is 0 Å². The van der Waals surface area contributed by atoms with Gasteiger partial charge in [0, 0.05) is 18.0 Å². The van der Waals surface area contributed by atoms with Gasteiger partial charge < -0.3 is 9.64 Å². The summed E-state index contributed by atoms with van der Waals surface area (Å²) in [5.74, 6) is 1.02. The van der Waals surface area contributed by atoms with Gasteiger partial charge in [0.25, 0.3) is 0 Å². The molecule has 0 N–H and O–H groups in total. The highest BCUT2D eigenvalue weighted by Gasteiger charge is 2.32. The van der Waals surface area contributed by atoms with Gasteiger partial charge in [0.05, 0.1) is 0 Å². The Morgan fingerprint density at radius 2 is 1.69 bits per heavy atom. The Hall–Kier alpha value is -2.98. The molecule has 3 aromatic rings. The second-order valence-corrected chi connectivity index (χ2v) is 8.87. The average Bonchev–Trinajstić information content (AvgIpc) is 3.62. The molecular formula is C28H30FNO2. The number of ether oxygens (including phenoxy) is 1. The fraction of sp³-hybridized carbons (Fsp3) is 0.321. The number of hydrogen-bond acceptors (Lipinski definition) is 3. The summed E-state index contributed by atoms with van der Waals surface area (Å²) < 4.78 is 19.2. The van der Waals surface area contributed by atoms with E-state index in [2.05, 4.69) is 4.90 Å². The van der Waals surface area contributed by atoms with Crippen LogP contribution in [0.3, 0.4) is 0 Å². The van der Waals surface area contributed by atoms with E-state index in [-0.39, 0.29) is 17.5 Å². The minimum Gasteiger partial charge on any atom is -0.492 e. The third kappa shape index (κ3) is 5.63. The van der Waals surface area contributed by atoms with Gasteiger partial charge in [-0.05, 0) is 79.5 Å². The lowest BCUT2D eigenvalue weighted by molar-refractivity contribution is 0.0952. The van der Waals surface area contributed by atoms with Gasteiger partial charge in [-0.25, -0.2) is 4.39 Å². The second-order valence-electron chi connectivity index (χ2n) is 8.87. The first kappa shape index (κ1) is 22.2. The molecule has 4 rings (SSSR count). The number of carbonyl (C=O) groups is 1. The summed E-state index contributed by atoms with van der Waals surface area (Å²) in [4.78, 5) is 15.7. The molecule has 3 nitrogen and oxygen atoms in total. The minimum atomic E-state index is -0.260. The topological polar surface area (TPSA) is 29.5 Å². The molecule has 3 aromatic carbocycles. The van der Waals surface area contributed by atoms with E-state index in [4.69, 9.17) is 4.74 Å². The summed E-state index contributed by atoms with van der Waals surface area (Å²) in [6.07, 6.45) is 3.21. The number of benzene rings is 3. The first-order valence-corrected chi connectivity index (χ1v) is 11.3. The zero-order valence-electron chi connectivity index (χ0n) is 18.8. The van der Waals surface area contributed by atoms with Crippen LogP contribution in [0.5, 0.6) is 5.75 Å². The number of hydrogen-bond donors (Lipinski definition) is 0. The Labute approximate surface area is 189 Å². The molecular weight excluding hydrogens is 401 g/mol. The Kier molecular flexibility index (Phi) is 7.01. The summed E-state index contributed by atoms with van der Waals surface area (Å²) in [5.41, 5.74) is 3.64. The van der Waals surface area contributed by atoms with Crippen LogP contribution in [0, 0.1) is 11.7 Å². The third-order valence-electron chi connectivity index (χ3n) is 6.02. The molecule has 0 bridgehead atoms. The molecule has 1 unspecified atom stereocenters. The van der Waals surface area contributed by atoms with E-state index in [1.807, 2.05) is 62.6 Å². The van der Waals surface area contributed by atoms with Gasteiger partial charge in [-0.1, -0.05) is 49.2 Å². The summed E-state index contributed by atoms with van der Waals surface area (Å²) >= 11 is 0. The molecule has 166 valence electrons. The maximum atomic E-state index is 13.7. The van der Waals surface area contributed by atoms with Gasteiger partial charge in [0.2, 0.25) is 0 Å². The highest BCUT2D eigenvalue weighted by atomic mass is 19.1. The van der Waals surface area contributed by atoms with E-state index < -0.39 is 0 Å². The standard InChI is InChI=1S/C28H30FNO2/c1-30(2)17-18-32-24-15-11-22(12-16-24)28(31)27(19-20-7-8-20)26-6-4-3-5-25(26)21-9-13-23(29)14-10-21/h3-6,9-16,20,27H,7-8,17-19H2,1-2H3. The first-order chi connectivity index (χ1) is 15.5. The largest absolute Gasteiger partial charge is 0.492 e. The predicted molar refractivity (Wildman–Crippen MR) is 127 cm³/mol. The molecule has 0 radical (unpaired) electrons. The normalized spacial score (nSPS) is 14.4. The van der Waals surface area contributed by atoms with Crippen molar-refractivity contribution in [2.45, 2.75) is 25.2 Å². The number of carbonyl (C=O) groups excluding carboxylic acids is 1. The van der Waals surface area contributed by atoms with Gasteiger partial charge in [0.1, 0.15) is 18.2 Å². The zero-order valence-corrected chi connectivity index (χ0v) is 18.8. The SMILES string of the molecule is CN(C)CCOc1ccc(C(=O)C(CC2CC2)c2ccccc2-c2ccc(F)cc2)cc1. The van der Waals surface area contributed by atoms with E-state index >= 15 is 0 Å². The van der Waals surface area contributed by atoms with Crippen LogP contribution in [0.2, 0.25) is 0 Å². The average molecular weight is 432 g/mol. The molecule has 0 aromatic heterocycles. The monoisotopic (exact) mass is 431 g/mol. The van der Waals surface area contributed by atoms with E-state index in [9.17, 15) is 9.18 Å². The number of Topliss-reactive ketones (excluding diaryl/α,β-unsaturated/α-hetero) is 1. The smallest absolute Gasteiger partial charge is 0.170 e. The van der Waals surface area contributed by atoms with E-state index in [0.29, 0.717) is 18.1 Å². The highest BCUT2D eigenvalue weighted by Crippen LogP contribution is 2.42. The Balaban J connectivity index is 1.59. The molecule has 0 saturated heterocycles. The summed E-state index contributed by atoms with van der Waals surface area (Å²) in [5, 5.41) is 0. The van der Waals surface area contributed by atoms with Crippen molar-refractivity contribution < 1.29 is 13.9 Å². The third-order valence-corrected chi connectivity index (χ3v) is 6.02. The second kappa shape index (κ2) is 10.1. The number of rotatable bonds is 10. The van der Waals surface area contributed by atoms with Crippen molar-refractivity contribution in [3.8, 4) is 16.9 Å². The number of ketones is 1. The van der Waals surface area contributed by atoms with Crippen molar-refractivity contribution in [2.24, 2.45) is 5.92 Å². The predicted octanol–water partition coefficient (Wildman–Crippen LogP) is 6.20. The lowest BCUT2D eigenvalue weighted by Crippen LogP contribution is -2.19. The molecule has 0 heterocycles. The van der Waals surface area contributed by atoms with Gasteiger partial charge >= 0.3 is 0 Å². The number of likely N-dealkylation sites (N-methyl/N-ethyl adjacent to an activating group) is 1. The van der Waals surface area contributed by atoms with Crippen molar-refractivity contribution >= 4 is 5.78 Å². The van der Waals surface area contributed by atoms with E-state index in [0.717, 1.165) is 35.4 Å². The lowest BCUT2D eigenvalue weighted by Gasteiger charge is -2.20. The summed E-state index contributed by atoms with van der Waals surface area (Å²) in [6.45, 7) is 1.44. The Bertz CT molecular complexity index is 1040. The van der Waals surface area contributed by atoms with Crippen molar-refractivity contribution in [3.05, 3.63) is 89.7 Å². The molecule has 1 aliphatic carbocycles.